The van der Waals surface area contributed by atoms with Gasteiger partial charge in [-0.15, -0.1) is 12.4 Å². The molecule has 0 spiro atoms. The molecular weight excluding hydrogens is 642 g/mol. The Hall–Kier alpha value is -2.61. The van der Waals surface area contributed by atoms with Gasteiger partial charge in [0.2, 0.25) is 12.1 Å². The molecule has 1 aliphatic heterocycles. The molecule has 1 fully saturated rings. The van der Waals surface area contributed by atoms with Crippen molar-refractivity contribution in [3.63, 3.8) is 0 Å². The number of amides is 1. The highest BCUT2D eigenvalue weighted by Crippen LogP contribution is 2.15. The van der Waals surface area contributed by atoms with E-state index in [-0.39, 0.29) is 48.5 Å². The number of halogens is 1. The molecular formula is C37H62ClN7O4. The maximum absolute atomic E-state index is 13.7. The molecule has 0 bridgehead atoms. The number of hydrogen-bond acceptors (Lipinski definition) is 9. The smallest absolute Gasteiger partial charge is 0.347 e. The van der Waals surface area contributed by atoms with Crippen molar-refractivity contribution in [2.75, 3.05) is 39.3 Å². The van der Waals surface area contributed by atoms with Gasteiger partial charge < -0.3 is 42.5 Å². The number of piperidine rings is 1. The van der Waals surface area contributed by atoms with Gasteiger partial charge in [-0.3, -0.25) is 10.1 Å². The fourth-order valence-electron chi connectivity index (χ4n) is 6.41. The summed E-state index contributed by atoms with van der Waals surface area (Å²) in [5.41, 5.74) is 14.8. The van der Waals surface area contributed by atoms with Crippen LogP contribution in [0.1, 0.15) is 63.5 Å². The number of carboxylic acids is 1. The monoisotopic (exact) mass is 703 g/mol. The van der Waals surface area contributed by atoms with Gasteiger partial charge in [-0.05, 0) is 68.5 Å². The quantitative estimate of drug-likeness (QED) is 0.0633. The van der Waals surface area contributed by atoms with Crippen LogP contribution in [0.25, 0.3) is 0 Å². The Labute approximate surface area is 299 Å². The van der Waals surface area contributed by atoms with Gasteiger partial charge >= 0.3 is 5.97 Å². The molecule has 1 heterocycles. The van der Waals surface area contributed by atoms with Crippen LogP contribution in [0.4, 0.5) is 0 Å². The van der Waals surface area contributed by atoms with Crippen LogP contribution in [0.2, 0.25) is 0 Å². The molecule has 11 nitrogen and oxygen atoms in total. The average Bonchev–Trinajstić information content (AvgIpc) is 3.08. The second kappa shape index (κ2) is 23.7. The number of nitrogens with two attached hydrogens (primary N) is 2. The van der Waals surface area contributed by atoms with E-state index < -0.39 is 12.2 Å². The predicted molar refractivity (Wildman–Crippen MR) is 200 cm³/mol. The number of aliphatic hydroxyl groups excluding tert-OH is 1. The van der Waals surface area contributed by atoms with E-state index in [1.54, 1.807) is 0 Å². The van der Waals surface area contributed by atoms with E-state index in [0.717, 1.165) is 38.6 Å². The van der Waals surface area contributed by atoms with Crippen molar-refractivity contribution < 1.29 is 19.8 Å². The number of aliphatic carboxylic acids is 1. The molecule has 0 aromatic heterocycles. The Morgan fingerprint density at radius 2 is 1.43 bits per heavy atom. The van der Waals surface area contributed by atoms with Gasteiger partial charge in [0.1, 0.15) is 0 Å². The normalized spacial score (nSPS) is 16.8. The van der Waals surface area contributed by atoms with E-state index in [1.807, 2.05) is 29.2 Å². The van der Waals surface area contributed by atoms with Crippen LogP contribution >= 0.6 is 12.4 Å². The van der Waals surface area contributed by atoms with Crippen LogP contribution in [0.15, 0.2) is 60.7 Å². The number of carboxylic acid groups (broad SMARTS) is 1. The molecule has 2 aromatic rings. The Balaban J connectivity index is 0.00000833. The zero-order chi connectivity index (χ0) is 34.7. The van der Waals surface area contributed by atoms with Crippen molar-refractivity contribution in [2.24, 2.45) is 17.4 Å². The molecule has 12 heteroatoms. The number of benzene rings is 2. The topological polar surface area (TPSA) is 178 Å². The maximum Gasteiger partial charge on any atom is 0.347 e. The summed E-state index contributed by atoms with van der Waals surface area (Å²) in [4.78, 5) is 26.6. The fraction of sp³-hybridized carbons (Fsp3) is 0.622. The lowest BCUT2D eigenvalue weighted by molar-refractivity contribution is -0.149. The summed E-state index contributed by atoms with van der Waals surface area (Å²) in [5.74, 6) is -0.747. The van der Waals surface area contributed by atoms with E-state index in [0.29, 0.717) is 57.9 Å². The third-order valence-corrected chi connectivity index (χ3v) is 9.03. The van der Waals surface area contributed by atoms with Crippen molar-refractivity contribution in [1.82, 2.24) is 26.2 Å². The van der Waals surface area contributed by atoms with Crippen LogP contribution in [-0.4, -0.2) is 103 Å². The Morgan fingerprint density at radius 3 is 2.00 bits per heavy atom. The molecule has 5 atom stereocenters. The van der Waals surface area contributed by atoms with Crippen molar-refractivity contribution in [3.8, 4) is 0 Å². The molecule has 0 aliphatic carbocycles. The summed E-state index contributed by atoms with van der Waals surface area (Å²) in [6.07, 6.45) is 4.67. The van der Waals surface area contributed by atoms with E-state index in [1.165, 1.54) is 11.1 Å². The Bertz CT molecular complexity index is 1170. The third kappa shape index (κ3) is 16.8. The molecule has 1 saturated heterocycles. The SMILES string of the molecule is CC(C)C[C@H](CN[C@H](CCCCN)C(=O)N1CCC(NC(O)C(=O)O)CC1)NC[C@@H](Cc1ccccc1)NC[C@H](N)Cc1ccccc1.Cl. The first kappa shape index (κ1) is 42.6. The molecule has 2 aromatic carbocycles. The Morgan fingerprint density at radius 1 is 0.857 bits per heavy atom. The standard InChI is InChI=1S/C37H61N7O4.ClH/c1-27(2)21-32(26-42-34(15-9-10-18-38)36(46)44-19-16-31(17-20-44)43-35(45)37(47)48)41-25-33(23-29-13-7-4-8-14-29)40-24-30(39)22-28-11-5-3-6-12-28;/h3-8,11-14,27,30-35,40-43,45H,9-10,15-26,38-39H2,1-2H3,(H,47,48);1H/t30-,32-,33-,34-,35?;/m1./s1. The van der Waals surface area contributed by atoms with Gasteiger partial charge in [-0.1, -0.05) is 80.9 Å². The van der Waals surface area contributed by atoms with Crippen LogP contribution < -0.4 is 32.7 Å². The number of likely N-dealkylation sites (tertiary alicyclic amines) is 1. The minimum atomic E-state index is -1.60. The van der Waals surface area contributed by atoms with Crippen LogP contribution in [0, 0.1) is 5.92 Å². The summed E-state index contributed by atoms with van der Waals surface area (Å²) < 4.78 is 0. The van der Waals surface area contributed by atoms with Gasteiger partial charge in [-0.25, -0.2) is 4.79 Å². The molecule has 10 N–H and O–H groups in total. The first-order valence-corrected chi connectivity index (χ1v) is 17.8. The molecule has 49 heavy (non-hydrogen) atoms. The van der Waals surface area contributed by atoms with Crippen molar-refractivity contribution in [3.05, 3.63) is 71.8 Å². The third-order valence-electron chi connectivity index (χ3n) is 9.03. The zero-order valence-corrected chi connectivity index (χ0v) is 30.3. The molecule has 1 amide bonds. The number of aliphatic hydroxyl groups is 1. The molecule has 1 aliphatic rings. The van der Waals surface area contributed by atoms with Crippen molar-refractivity contribution in [1.29, 1.82) is 0 Å². The average molecular weight is 704 g/mol. The lowest BCUT2D eigenvalue weighted by Gasteiger charge is -2.36. The highest BCUT2D eigenvalue weighted by Gasteiger charge is 2.30. The molecule has 1 unspecified atom stereocenters. The highest BCUT2D eigenvalue weighted by molar-refractivity contribution is 5.85. The van der Waals surface area contributed by atoms with Crippen LogP contribution in [0.5, 0.6) is 0 Å². The number of rotatable bonds is 23. The van der Waals surface area contributed by atoms with Crippen LogP contribution in [-0.2, 0) is 22.4 Å². The number of nitrogens with zero attached hydrogens (tertiary/aromatic N) is 1. The minimum Gasteiger partial charge on any atom is -0.478 e. The summed E-state index contributed by atoms with van der Waals surface area (Å²) in [6, 6.07) is 20.8. The van der Waals surface area contributed by atoms with Gasteiger partial charge in [0.15, 0.2) is 0 Å². The second-order valence-electron chi connectivity index (χ2n) is 13.7. The van der Waals surface area contributed by atoms with Gasteiger partial charge in [0, 0.05) is 56.9 Å². The highest BCUT2D eigenvalue weighted by atomic mass is 35.5. The summed E-state index contributed by atoms with van der Waals surface area (Å²) in [5, 5.41) is 32.6. The van der Waals surface area contributed by atoms with E-state index in [9.17, 15) is 14.7 Å². The first-order valence-electron chi connectivity index (χ1n) is 17.8. The first-order chi connectivity index (χ1) is 23.1. The number of hydrogen-bond donors (Lipinski definition) is 8. The van der Waals surface area contributed by atoms with E-state index in [4.69, 9.17) is 16.6 Å². The van der Waals surface area contributed by atoms with E-state index >= 15 is 0 Å². The van der Waals surface area contributed by atoms with Crippen molar-refractivity contribution in [2.45, 2.75) is 102 Å². The molecule has 0 radical (unpaired) electrons. The Kier molecular flexibility index (Phi) is 20.6. The number of unbranched alkanes of at least 4 members (excludes halogenated alkanes) is 1. The summed E-state index contributed by atoms with van der Waals surface area (Å²) >= 11 is 0. The predicted octanol–water partition coefficient (Wildman–Crippen LogP) is 2.25. The van der Waals surface area contributed by atoms with Gasteiger partial charge in [0.25, 0.3) is 0 Å². The molecule has 3 rings (SSSR count). The fourth-order valence-corrected chi connectivity index (χ4v) is 6.41. The lowest BCUT2D eigenvalue weighted by Crippen LogP contribution is -2.55. The second-order valence-corrected chi connectivity index (χ2v) is 13.7. The van der Waals surface area contributed by atoms with Crippen molar-refractivity contribution >= 4 is 24.3 Å². The number of nitrogens with one attached hydrogen (secondary N) is 4. The lowest BCUT2D eigenvalue weighted by atomic mass is 10.00. The number of carbonyl (C=O) groups is 2. The zero-order valence-electron chi connectivity index (χ0n) is 29.4. The number of carbonyl (C=O) groups excluding carboxylic acids is 1. The van der Waals surface area contributed by atoms with E-state index in [2.05, 4.69) is 71.5 Å². The molecule has 276 valence electrons. The molecule has 0 saturated carbocycles. The maximum atomic E-state index is 13.7. The van der Waals surface area contributed by atoms with Gasteiger partial charge in [-0.2, -0.15) is 0 Å². The summed E-state index contributed by atoms with van der Waals surface area (Å²) in [6.45, 7) is 8.20. The minimum absolute atomic E-state index is 0. The van der Waals surface area contributed by atoms with Crippen LogP contribution in [0.3, 0.4) is 0 Å². The largest absolute Gasteiger partial charge is 0.478 e. The van der Waals surface area contributed by atoms with Gasteiger partial charge in [0.05, 0.1) is 6.04 Å². The summed E-state index contributed by atoms with van der Waals surface area (Å²) in [7, 11) is 0.